The monoisotopic (exact) mass is 473 g/mol. The van der Waals surface area contributed by atoms with E-state index in [0.29, 0.717) is 33.1 Å². The minimum atomic E-state index is -4.76. The van der Waals surface area contributed by atoms with Gasteiger partial charge in [0.1, 0.15) is 0 Å². The Morgan fingerprint density at radius 1 is 0.971 bits per heavy atom. The van der Waals surface area contributed by atoms with E-state index in [0.717, 1.165) is 6.07 Å². The van der Waals surface area contributed by atoms with E-state index in [1.54, 1.807) is 12.1 Å². The Hall–Kier alpha value is -4.35. The number of rotatable bonds is 6. The molecule has 0 radical (unpaired) electrons. The third-order valence-electron chi connectivity index (χ3n) is 4.83. The average Bonchev–Trinajstić information content (AvgIpc) is 3.27. The standard InChI is InChI=1S/C22H18F3N5O4/c1-32-16-6-4-12(8-17(16)33-2)14-9-18(22(23,24)25)30-19(28-14)10-15(29-30)21(31)27-13-5-7-20(34-3)26-11-13/h4-11H,1-3H3,(H,27,31). The number of alkyl halides is 3. The molecule has 0 atom stereocenters. The van der Waals surface area contributed by atoms with Crippen LogP contribution < -0.4 is 19.5 Å². The number of nitrogens with one attached hydrogen (secondary N) is 1. The number of hydrogen-bond acceptors (Lipinski definition) is 7. The number of halogens is 3. The predicted molar refractivity (Wildman–Crippen MR) is 115 cm³/mol. The fourth-order valence-corrected chi connectivity index (χ4v) is 3.20. The summed E-state index contributed by atoms with van der Waals surface area (Å²) in [6.45, 7) is 0. The summed E-state index contributed by atoms with van der Waals surface area (Å²) in [5.74, 6) is 0.363. The van der Waals surface area contributed by atoms with Gasteiger partial charge in [0.05, 0.1) is 38.9 Å². The Kier molecular flexibility index (Phi) is 5.97. The topological polar surface area (TPSA) is 99.9 Å². The van der Waals surface area contributed by atoms with Crippen LogP contribution in [0.25, 0.3) is 16.9 Å². The fraction of sp³-hybridized carbons (Fsp3) is 0.182. The van der Waals surface area contributed by atoms with Gasteiger partial charge in [-0.15, -0.1) is 0 Å². The van der Waals surface area contributed by atoms with Crippen LogP contribution >= 0.6 is 0 Å². The summed E-state index contributed by atoms with van der Waals surface area (Å²) in [6, 6.07) is 9.72. The molecular formula is C22H18F3N5O4. The number of amides is 1. The van der Waals surface area contributed by atoms with E-state index in [9.17, 15) is 18.0 Å². The van der Waals surface area contributed by atoms with E-state index in [2.05, 4.69) is 20.4 Å². The molecule has 9 nitrogen and oxygen atoms in total. The molecule has 0 unspecified atom stereocenters. The van der Waals surface area contributed by atoms with E-state index >= 15 is 0 Å². The quantitative estimate of drug-likeness (QED) is 0.450. The number of pyridine rings is 1. The van der Waals surface area contributed by atoms with Crippen LogP contribution in [0, 0.1) is 0 Å². The summed E-state index contributed by atoms with van der Waals surface area (Å²) in [6.07, 6.45) is -3.41. The van der Waals surface area contributed by atoms with Crippen molar-refractivity contribution in [3.8, 4) is 28.6 Å². The Balaban J connectivity index is 1.76. The lowest BCUT2D eigenvalue weighted by Gasteiger charge is -2.12. The number of benzene rings is 1. The third-order valence-corrected chi connectivity index (χ3v) is 4.83. The molecule has 3 aromatic heterocycles. The molecule has 3 heterocycles. The van der Waals surface area contributed by atoms with Crippen molar-refractivity contribution in [3.63, 3.8) is 0 Å². The normalized spacial score (nSPS) is 11.4. The zero-order valence-electron chi connectivity index (χ0n) is 18.2. The summed E-state index contributed by atoms with van der Waals surface area (Å²) in [4.78, 5) is 20.9. The second-order valence-electron chi connectivity index (χ2n) is 6.94. The van der Waals surface area contributed by atoms with Gasteiger partial charge in [0, 0.05) is 17.7 Å². The molecule has 1 aromatic carbocycles. The van der Waals surface area contributed by atoms with Crippen molar-refractivity contribution in [1.82, 2.24) is 19.6 Å². The Morgan fingerprint density at radius 2 is 1.74 bits per heavy atom. The smallest absolute Gasteiger partial charge is 0.433 e. The summed E-state index contributed by atoms with van der Waals surface area (Å²) in [5.41, 5.74) is -0.796. The molecule has 1 amide bonds. The van der Waals surface area contributed by atoms with E-state index in [4.69, 9.17) is 14.2 Å². The van der Waals surface area contributed by atoms with Crippen LogP contribution in [-0.4, -0.2) is 46.8 Å². The molecule has 176 valence electrons. The number of hydrogen-bond donors (Lipinski definition) is 1. The predicted octanol–water partition coefficient (Wildman–Crippen LogP) is 4.09. The van der Waals surface area contributed by atoms with Gasteiger partial charge in [0.2, 0.25) is 5.88 Å². The van der Waals surface area contributed by atoms with Crippen LogP contribution in [0.15, 0.2) is 48.7 Å². The van der Waals surface area contributed by atoms with E-state index in [-0.39, 0.29) is 17.0 Å². The average molecular weight is 473 g/mol. The van der Waals surface area contributed by atoms with Crippen molar-refractivity contribution < 1.29 is 32.2 Å². The molecule has 0 fully saturated rings. The molecule has 0 saturated heterocycles. The lowest BCUT2D eigenvalue weighted by Crippen LogP contribution is -2.15. The Morgan fingerprint density at radius 3 is 2.35 bits per heavy atom. The number of nitrogens with zero attached hydrogens (tertiary/aromatic N) is 4. The molecule has 4 aromatic rings. The third kappa shape index (κ3) is 4.42. The number of carbonyl (C=O) groups is 1. The summed E-state index contributed by atoms with van der Waals surface area (Å²) in [7, 11) is 4.31. The van der Waals surface area contributed by atoms with Gasteiger partial charge in [-0.05, 0) is 30.3 Å². The largest absolute Gasteiger partial charge is 0.493 e. The van der Waals surface area contributed by atoms with Crippen LogP contribution in [-0.2, 0) is 6.18 Å². The fourth-order valence-electron chi connectivity index (χ4n) is 3.20. The van der Waals surface area contributed by atoms with Crippen LogP contribution in [0.5, 0.6) is 17.4 Å². The Bertz CT molecular complexity index is 1350. The molecule has 0 aliphatic carbocycles. The second kappa shape index (κ2) is 8.89. The van der Waals surface area contributed by atoms with Crippen LogP contribution in [0.4, 0.5) is 18.9 Å². The van der Waals surface area contributed by atoms with Crippen molar-refractivity contribution in [2.45, 2.75) is 6.18 Å². The number of anilines is 1. The lowest BCUT2D eigenvalue weighted by molar-refractivity contribution is -0.142. The lowest BCUT2D eigenvalue weighted by atomic mass is 10.1. The first-order valence-electron chi connectivity index (χ1n) is 9.75. The van der Waals surface area contributed by atoms with Crippen molar-refractivity contribution in [2.24, 2.45) is 0 Å². The first kappa shape index (κ1) is 22.8. The van der Waals surface area contributed by atoms with Crippen molar-refractivity contribution in [2.75, 3.05) is 26.6 Å². The maximum atomic E-state index is 13.9. The molecule has 4 rings (SSSR count). The van der Waals surface area contributed by atoms with Crippen LogP contribution in [0.1, 0.15) is 16.2 Å². The van der Waals surface area contributed by atoms with Crippen molar-refractivity contribution in [3.05, 3.63) is 60.0 Å². The van der Waals surface area contributed by atoms with Gasteiger partial charge in [-0.25, -0.2) is 14.5 Å². The molecule has 12 heteroatoms. The van der Waals surface area contributed by atoms with Crippen LogP contribution in [0.2, 0.25) is 0 Å². The van der Waals surface area contributed by atoms with Gasteiger partial charge in [0.15, 0.2) is 28.5 Å². The first-order chi connectivity index (χ1) is 16.2. The zero-order chi connectivity index (χ0) is 24.5. The highest BCUT2D eigenvalue weighted by atomic mass is 19.4. The minimum absolute atomic E-state index is 0.0204. The van der Waals surface area contributed by atoms with Gasteiger partial charge in [-0.2, -0.15) is 18.3 Å². The summed E-state index contributed by atoms with van der Waals surface area (Å²) >= 11 is 0. The highest BCUT2D eigenvalue weighted by molar-refractivity contribution is 6.03. The van der Waals surface area contributed by atoms with E-state index in [1.165, 1.54) is 51.8 Å². The zero-order valence-corrected chi connectivity index (χ0v) is 18.2. The summed E-state index contributed by atoms with van der Waals surface area (Å²) in [5, 5.41) is 6.37. The molecule has 1 N–H and O–H groups in total. The van der Waals surface area contributed by atoms with E-state index < -0.39 is 17.8 Å². The summed E-state index contributed by atoms with van der Waals surface area (Å²) < 4.78 is 57.5. The highest BCUT2D eigenvalue weighted by Gasteiger charge is 2.35. The molecule has 0 bridgehead atoms. The van der Waals surface area contributed by atoms with Gasteiger partial charge in [-0.1, -0.05) is 0 Å². The number of methoxy groups -OCH3 is 3. The molecule has 0 aliphatic rings. The van der Waals surface area contributed by atoms with Crippen molar-refractivity contribution in [1.29, 1.82) is 0 Å². The molecule has 0 saturated carbocycles. The van der Waals surface area contributed by atoms with Gasteiger partial charge in [0.25, 0.3) is 5.91 Å². The highest BCUT2D eigenvalue weighted by Crippen LogP contribution is 2.35. The number of aromatic nitrogens is 4. The van der Waals surface area contributed by atoms with Gasteiger partial charge >= 0.3 is 6.18 Å². The number of carbonyl (C=O) groups excluding carboxylic acids is 1. The maximum absolute atomic E-state index is 13.9. The number of fused-ring (bicyclic) bond motifs is 1. The second-order valence-corrected chi connectivity index (χ2v) is 6.94. The minimum Gasteiger partial charge on any atom is -0.493 e. The van der Waals surface area contributed by atoms with Gasteiger partial charge < -0.3 is 19.5 Å². The molecule has 34 heavy (non-hydrogen) atoms. The molecular weight excluding hydrogens is 455 g/mol. The number of ether oxygens (including phenoxy) is 3. The van der Waals surface area contributed by atoms with Crippen LogP contribution in [0.3, 0.4) is 0 Å². The van der Waals surface area contributed by atoms with Gasteiger partial charge in [-0.3, -0.25) is 4.79 Å². The SMILES string of the molecule is COc1ccc(NC(=O)c2cc3nc(-c4ccc(OC)c(OC)c4)cc(C(F)(F)F)n3n2)cn1. The first-order valence-corrected chi connectivity index (χ1v) is 9.75. The van der Waals surface area contributed by atoms with E-state index in [1.807, 2.05) is 0 Å². The molecule has 0 spiro atoms. The Labute approximate surface area is 191 Å². The molecule has 0 aliphatic heterocycles. The van der Waals surface area contributed by atoms with Crippen molar-refractivity contribution >= 4 is 17.2 Å². The maximum Gasteiger partial charge on any atom is 0.433 e.